The van der Waals surface area contributed by atoms with Gasteiger partial charge in [-0.05, 0) is 30.5 Å². The molecule has 1 heterocycles. The topological polar surface area (TPSA) is 102 Å². The predicted molar refractivity (Wildman–Crippen MR) is 90.5 cm³/mol. The van der Waals surface area contributed by atoms with Crippen LogP contribution in [0.4, 0.5) is 5.82 Å². The standard InChI is InChI=1S/C17H16N4O2S/c1-23-16(22)12-4-2-3-10(7-12)9-24-17-20-14(11-5-6-11)13(8-18)15(19)21-17/h2-4,7,11H,5-6,9H2,1H3,(H2,19,20,21). The smallest absolute Gasteiger partial charge is 0.337 e. The first-order valence-electron chi connectivity index (χ1n) is 7.50. The monoisotopic (exact) mass is 340 g/mol. The molecule has 0 bridgehead atoms. The molecule has 2 aromatic rings. The Balaban J connectivity index is 1.78. The third kappa shape index (κ3) is 3.49. The fourth-order valence-electron chi connectivity index (χ4n) is 2.36. The molecule has 1 aromatic carbocycles. The number of methoxy groups -OCH3 is 1. The van der Waals surface area contributed by atoms with E-state index < -0.39 is 0 Å². The van der Waals surface area contributed by atoms with Crippen LogP contribution >= 0.6 is 11.8 Å². The minimum Gasteiger partial charge on any atom is -0.465 e. The Labute approximate surface area is 144 Å². The quantitative estimate of drug-likeness (QED) is 0.507. The number of ether oxygens (including phenoxy) is 1. The lowest BCUT2D eigenvalue weighted by Gasteiger charge is -2.08. The summed E-state index contributed by atoms with van der Waals surface area (Å²) >= 11 is 1.43. The third-order valence-electron chi connectivity index (χ3n) is 3.74. The highest BCUT2D eigenvalue weighted by Gasteiger charge is 2.30. The van der Waals surface area contributed by atoms with Crippen molar-refractivity contribution in [2.45, 2.75) is 29.7 Å². The number of nitrogen functional groups attached to an aromatic ring is 1. The number of benzene rings is 1. The van der Waals surface area contributed by atoms with E-state index in [0.29, 0.717) is 28.0 Å². The average molecular weight is 340 g/mol. The van der Waals surface area contributed by atoms with Gasteiger partial charge in [0.25, 0.3) is 0 Å². The van der Waals surface area contributed by atoms with Gasteiger partial charge in [-0.25, -0.2) is 14.8 Å². The highest BCUT2D eigenvalue weighted by Crippen LogP contribution is 2.42. The van der Waals surface area contributed by atoms with E-state index in [4.69, 9.17) is 10.5 Å². The van der Waals surface area contributed by atoms with E-state index in [-0.39, 0.29) is 11.8 Å². The highest BCUT2D eigenvalue weighted by molar-refractivity contribution is 7.98. The summed E-state index contributed by atoms with van der Waals surface area (Å²) in [6.07, 6.45) is 2.08. The van der Waals surface area contributed by atoms with Crippen LogP contribution in [-0.4, -0.2) is 23.0 Å². The van der Waals surface area contributed by atoms with Crippen LogP contribution in [0.3, 0.4) is 0 Å². The largest absolute Gasteiger partial charge is 0.465 e. The maximum Gasteiger partial charge on any atom is 0.337 e. The van der Waals surface area contributed by atoms with Gasteiger partial charge in [0.15, 0.2) is 5.16 Å². The van der Waals surface area contributed by atoms with Gasteiger partial charge in [0, 0.05) is 11.7 Å². The summed E-state index contributed by atoms with van der Waals surface area (Å²) < 4.78 is 4.73. The zero-order valence-corrected chi connectivity index (χ0v) is 14.0. The third-order valence-corrected chi connectivity index (χ3v) is 4.65. The predicted octanol–water partition coefficient (Wildman–Crippen LogP) is 2.89. The molecule has 122 valence electrons. The van der Waals surface area contributed by atoms with Gasteiger partial charge in [-0.2, -0.15) is 5.26 Å². The number of hydrogen-bond donors (Lipinski definition) is 1. The summed E-state index contributed by atoms with van der Waals surface area (Å²) in [4.78, 5) is 20.3. The van der Waals surface area contributed by atoms with Gasteiger partial charge in [-0.15, -0.1) is 0 Å². The summed E-state index contributed by atoms with van der Waals surface area (Å²) in [5, 5.41) is 9.77. The summed E-state index contributed by atoms with van der Waals surface area (Å²) in [7, 11) is 1.36. The van der Waals surface area contributed by atoms with Crippen LogP contribution in [0.25, 0.3) is 0 Å². The van der Waals surface area contributed by atoms with Crippen LogP contribution in [0.5, 0.6) is 0 Å². The second kappa shape index (κ2) is 6.89. The van der Waals surface area contributed by atoms with Gasteiger partial charge in [-0.3, -0.25) is 0 Å². The summed E-state index contributed by atoms with van der Waals surface area (Å²) in [6.45, 7) is 0. The molecule has 0 spiro atoms. The number of nitriles is 1. The van der Waals surface area contributed by atoms with Crippen molar-refractivity contribution in [3.8, 4) is 6.07 Å². The number of esters is 1. The summed E-state index contributed by atoms with van der Waals surface area (Å²) in [5.74, 6) is 0.796. The molecule has 1 aliphatic carbocycles. The molecule has 1 aliphatic rings. The fraction of sp³-hybridized carbons (Fsp3) is 0.294. The van der Waals surface area contributed by atoms with E-state index in [9.17, 15) is 10.1 Å². The lowest BCUT2D eigenvalue weighted by Crippen LogP contribution is -2.04. The van der Waals surface area contributed by atoms with Crippen molar-refractivity contribution in [1.29, 1.82) is 5.26 Å². The molecule has 1 aromatic heterocycles. The van der Waals surface area contributed by atoms with Crippen molar-refractivity contribution in [1.82, 2.24) is 9.97 Å². The lowest BCUT2D eigenvalue weighted by atomic mass is 10.1. The first-order chi connectivity index (χ1) is 11.6. The van der Waals surface area contributed by atoms with E-state index >= 15 is 0 Å². The average Bonchev–Trinajstić information content (AvgIpc) is 3.44. The molecular weight excluding hydrogens is 324 g/mol. The SMILES string of the molecule is COC(=O)c1cccc(CSc2nc(N)c(C#N)c(C3CC3)n2)c1. The molecule has 6 nitrogen and oxygen atoms in total. The lowest BCUT2D eigenvalue weighted by molar-refractivity contribution is 0.0600. The number of hydrogen-bond acceptors (Lipinski definition) is 7. The molecule has 1 saturated carbocycles. The molecule has 0 saturated heterocycles. The number of nitrogens with zero attached hydrogens (tertiary/aromatic N) is 3. The second-order valence-corrected chi connectivity index (χ2v) is 6.46. The van der Waals surface area contributed by atoms with Gasteiger partial charge < -0.3 is 10.5 Å². The maximum absolute atomic E-state index is 11.6. The maximum atomic E-state index is 11.6. The molecule has 2 N–H and O–H groups in total. The van der Waals surface area contributed by atoms with Crippen LogP contribution in [0.2, 0.25) is 0 Å². The van der Waals surface area contributed by atoms with Gasteiger partial charge in [0.2, 0.25) is 0 Å². The minimum absolute atomic E-state index is 0.236. The molecule has 0 aliphatic heterocycles. The Morgan fingerprint density at radius 3 is 2.92 bits per heavy atom. The Bertz CT molecular complexity index is 828. The van der Waals surface area contributed by atoms with E-state index in [0.717, 1.165) is 24.1 Å². The molecule has 0 unspecified atom stereocenters. The van der Waals surface area contributed by atoms with Gasteiger partial charge >= 0.3 is 5.97 Å². The normalized spacial score (nSPS) is 13.3. The van der Waals surface area contributed by atoms with E-state index in [2.05, 4.69) is 16.0 Å². The van der Waals surface area contributed by atoms with E-state index in [1.807, 2.05) is 12.1 Å². The van der Waals surface area contributed by atoms with Crippen molar-refractivity contribution in [3.63, 3.8) is 0 Å². The van der Waals surface area contributed by atoms with Crippen LogP contribution in [0.15, 0.2) is 29.4 Å². The van der Waals surface area contributed by atoms with Crippen LogP contribution in [0, 0.1) is 11.3 Å². The zero-order chi connectivity index (χ0) is 17.1. The number of anilines is 1. The minimum atomic E-state index is -0.364. The van der Waals surface area contributed by atoms with Crippen molar-refractivity contribution in [2.75, 3.05) is 12.8 Å². The number of aromatic nitrogens is 2. The summed E-state index contributed by atoms with van der Waals surface area (Å²) in [6, 6.07) is 9.33. The molecule has 24 heavy (non-hydrogen) atoms. The van der Waals surface area contributed by atoms with Crippen molar-refractivity contribution in [2.24, 2.45) is 0 Å². The van der Waals surface area contributed by atoms with Crippen LogP contribution in [-0.2, 0) is 10.5 Å². The Morgan fingerprint density at radius 1 is 1.46 bits per heavy atom. The molecular formula is C17H16N4O2S. The number of carbonyl (C=O) groups excluding carboxylic acids is 1. The van der Waals surface area contributed by atoms with Gasteiger partial charge in [-0.1, -0.05) is 23.9 Å². The van der Waals surface area contributed by atoms with Gasteiger partial charge in [0.1, 0.15) is 17.5 Å². The Hall–Kier alpha value is -2.59. The number of carbonyl (C=O) groups is 1. The molecule has 3 rings (SSSR count). The fourth-order valence-corrected chi connectivity index (χ4v) is 3.16. The first kappa shape index (κ1) is 16.3. The zero-order valence-electron chi connectivity index (χ0n) is 13.2. The van der Waals surface area contributed by atoms with Crippen LogP contribution < -0.4 is 5.73 Å². The van der Waals surface area contributed by atoms with E-state index in [1.165, 1.54) is 18.9 Å². The molecule has 0 radical (unpaired) electrons. The number of rotatable bonds is 5. The van der Waals surface area contributed by atoms with Crippen molar-refractivity contribution in [3.05, 3.63) is 46.6 Å². The molecule has 7 heteroatoms. The van der Waals surface area contributed by atoms with E-state index in [1.54, 1.807) is 12.1 Å². The Morgan fingerprint density at radius 2 is 2.25 bits per heavy atom. The molecule has 0 amide bonds. The summed E-state index contributed by atoms with van der Waals surface area (Å²) in [5.41, 5.74) is 8.53. The van der Waals surface area contributed by atoms with Gasteiger partial charge in [0.05, 0.1) is 18.4 Å². The van der Waals surface area contributed by atoms with Crippen molar-refractivity contribution >= 4 is 23.5 Å². The highest BCUT2D eigenvalue weighted by atomic mass is 32.2. The first-order valence-corrected chi connectivity index (χ1v) is 8.48. The molecule has 0 atom stereocenters. The van der Waals surface area contributed by atoms with Crippen molar-refractivity contribution < 1.29 is 9.53 Å². The number of nitrogens with two attached hydrogens (primary N) is 1. The number of thioether (sulfide) groups is 1. The Kier molecular flexibility index (Phi) is 4.67. The molecule has 1 fully saturated rings. The van der Waals surface area contributed by atoms with Crippen LogP contribution in [0.1, 0.15) is 45.9 Å². The second-order valence-electron chi connectivity index (χ2n) is 5.52.